The van der Waals surface area contributed by atoms with E-state index >= 15 is 0 Å². The molecule has 1 rings (SSSR count). The van der Waals surface area contributed by atoms with Gasteiger partial charge >= 0.3 is 5.97 Å². The van der Waals surface area contributed by atoms with Crippen LogP contribution in [0.3, 0.4) is 0 Å². The molecule has 0 aromatic carbocycles. The third-order valence-electron chi connectivity index (χ3n) is 6.00. The first kappa shape index (κ1) is 39.0. The molecule has 0 aliphatic carbocycles. The van der Waals surface area contributed by atoms with Crippen LogP contribution >= 0.6 is 11.8 Å². The summed E-state index contributed by atoms with van der Waals surface area (Å²) in [5, 5.41) is 18.7. The smallest absolute Gasteiger partial charge is 0.307 e. The van der Waals surface area contributed by atoms with Crippen molar-refractivity contribution < 1.29 is 48.2 Å². The molecule has 0 fully saturated rings. The number of likely N-dealkylation sites (N-methyl/N-ethyl adjacent to an activating group) is 2. The minimum atomic E-state index is -0.297. The molecule has 2 N–H and O–H groups in total. The highest BCUT2D eigenvalue weighted by Gasteiger charge is 2.23. The summed E-state index contributed by atoms with van der Waals surface area (Å²) >= 11 is 1.61. The van der Waals surface area contributed by atoms with Gasteiger partial charge in [-0.2, -0.15) is 0 Å². The topological polar surface area (TPSA) is 149 Å². The minimum absolute atomic E-state index is 0.0485. The molecule has 0 bridgehead atoms. The maximum Gasteiger partial charge on any atom is 0.307 e. The third-order valence-corrected chi connectivity index (χ3v) is 7.30. The number of hydrogen-bond acceptors (Lipinski definition) is 13. The van der Waals surface area contributed by atoms with Crippen molar-refractivity contribution in [2.24, 2.45) is 0 Å². The highest BCUT2D eigenvalue weighted by molar-refractivity contribution is 8.01. The maximum atomic E-state index is 12.6. The van der Waals surface area contributed by atoms with E-state index in [1.807, 2.05) is 7.05 Å². The maximum absolute atomic E-state index is 12.6. The van der Waals surface area contributed by atoms with Gasteiger partial charge in [0.05, 0.1) is 96.7 Å². The number of thioether (sulfide) groups is 1. The highest BCUT2D eigenvalue weighted by atomic mass is 32.2. The van der Waals surface area contributed by atoms with E-state index in [2.05, 4.69) is 28.5 Å². The van der Waals surface area contributed by atoms with Crippen LogP contribution in [0.25, 0.3) is 0 Å². The number of amides is 1. The van der Waals surface area contributed by atoms with Gasteiger partial charge in [-0.1, -0.05) is 0 Å². The van der Waals surface area contributed by atoms with Crippen molar-refractivity contribution in [1.29, 1.82) is 0 Å². The van der Waals surface area contributed by atoms with E-state index in [-0.39, 0.29) is 36.3 Å². The van der Waals surface area contributed by atoms with E-state index in [0.717, 1.165) is 6.54 Å². The van der Waals surface area contributed by atoms with Crippen LogP contribution in [0.5, 0.6) is 5.75 Å². The molecule has 248 valence electrons. The number of aliphatic hydroxyl groups excluding tert-OH is 2. The lowest BCUT2D eigenvalue weighted by molar-refractivity contribution is -0.142. The molecule has 14 heteroatoms. The number of hydrogen-bond donors (Lipinski definition) is 2. The van der Waals surface area contributed by atoms with Gasteiger partial charge in [-0.3, -0.25) is 14.6 Å². The summed E-state index contributed by atoms with van der Waals surface area (Å²) in [5.41, 5.74) is 0.907. The van der Waals surface area contributed by atoms with Crippen molar-refractivity contribution in [3.63, 3.8) is 0 Å². The number of ether oxygens (including phenoxy) is 6. The Bertz CT molecular complexity index is 887. The molecule has 0 spiro atoms. The lowest BCUT2D eigenvalue weighted by Crippen LogP contribution is -2.38. The fraction of sp³-hybridized carbons (Fsp3) is 0.759. The van der Waals surface area contributed by atoms with Crippen molar-refractivity contribution in [1.82, 2.24) is 14.8 Å². The number of nitrogens with zero attached hydrogens (tertiary/aromatic N) is 3. The summed E-state index contributed by atoms with van der Waals surface area (Å²) in [7, 11) is 5.13. The van der Waals surface area contributed by atoms with Gasteiger partial charge < -0.3 is 48.4 Å². The summed E-state index contributed by atoms with van der Waals surface area (Å²) in [5.74, 6) is 0.688. The first-order valence-electron chi connectivity index (χ1n) is 14.4. The van der Waals surface area contributed by atoms with Crippen LogP contribution in [0.15, 0.2) is 12.1 Å². The molecule has 0 saturated heterocycles. The number of aromatic nitrogens is 1. The Morgan fingerprint density at radius 3 is 1.91 bits per heavy atom. The molecule has 1 heterocycles. The van der Waals surface area contributed by atoms with E-state index in [1.54, 1.807) is 35.8 Å². The SMILES string of the molecule is COC(=O)CCOCCOCCOCCOCCN(C)C(=O)CSC(C)(C)CN(C)CCOc1cc(CO)nc(CO)c1. The van der Waals surface area contributed by atoms with Gasteiger partial charge in [-0.15, -0.1) is 11.8 Å². The molecule has 1 aromatic rings. The molecule has 0 atom stereocenters. The average molecular weight is 634 g/mol. The van der Waals surface area contributed by atoms with Crippen LogP contribution in [0.2, 0.25) is 0 Å². The number of carbonyl (C=O) groups excluding carboxylic acids is 2. The molecule has 43 heavy (non-hydrogen) atoms. The summed E-state index contributed by atoms with van der Waals surface area (Å²) in [6.07, 6.45) is 0.230. The standard InChI is InChI=1S/C29H51N3O10S/c1-29(2,23-31(3)7-11-42-26-18-24(20-33)30-25(19-26)21-34)43-22-27(35)32(4)8-10-39-13-15-41-17-16-40-14-12-38-9-6-28(36)37-5/h18-19,33-34H,6-17,20-23H2,1-5H3. The van der Waals surface area contributed by atoms with Gasteiger partial charge in [0, 0.05) is 43.6 Å². The van der Waals surface area contributed by atoms with Gasteiger partial charge in [-0.25, -0.2) is 0 Å². The Kier molecular flexibility index (Phi) is 21.2. The Hall–Kier alpha value is -2.04. The van der Waals surface area contributed by atoms with Crippen molar-refractivity contribution >= 4 is 23.6 Å². The molecule has 1 aromatic heterocycles. The monoisotopic (exact) mass is 633 g/mol. The fourth-order valence-electron chi connectivity index (χ4n) is 3.67. The number of rotatable bonds is 26. The summed E-state index contributed by atoms with van der Waals surface area (Å²) in [6.45, 7) is 9.50. The average Bonchev–Trinajstić information content (AvgIpc) is 2.99. The Labute approximate surface area is 260 Å². The quantitative estimate of drug-likeness (QED) is 0.110. The van der Waals surface area contributed by atoms with E-state index < -0.39 is 0 Å². The number of methoxy groups -OCH3 is 1. The molecule has 13 nitrogen and oxygen atoms in total. The summed E-state index contributed by atoms with van der Waals surface area (Å²) < 4.78 is 31.9. The summed E-state index contributed by atoms with van der Waals surface area (Å²) in [6, 6.07) is 3.33. The molecular formula is C29H51N3O10S. The van der Waals surface area contributed by atoms with Gasteiger partial charge in [0.1, 0.15) is 12.4 Å². The molecule has 0 saturated carbocycles. The van der Waals surface area contributed by atoms with Gasteiger partial charge in [0.25, 0.3) is 0 Å². The Balaban J connectivity index is 2.08. The van der Waals surface area contributed by atoms with E-state index in [1.165, 1.54) is 7.11 Å². The minimum Gasteiger partial charge on any atom is -0.492 e. The Morgan fingerprint density at radius 2 is 1.37 bits per heavy atom. The lowest BCUT2D eigenvalue weighted by atomic mass is 10.2. The molecule has 0 aliphatic heterocycles. The second kappa shape index (κ2) is 23.4. The van der Waals surface area contributed by atoms with E-state index in [0.29, 0.717) is 95.4 Å². The van der Waals surface area contributed by atoms with Crippen LogP contribution in [-0.2, 0) is 46.5 Å². The zero-order chi connectivity index (χ0) is 31.9. The zero-order valence-corrected chi connectivity index (χ0v) is 27.2. The Morgan fingerprint density at radius 1 is 0.837 bits per heavy atom. The predicted octanol–water partition coefficient (Wildman–Crippen LogP) is 0.977. The van der Waals surface area contributed by atoms with Crippen molar-refractivity contribution in [2.75, 3.05) is 106 Å². The highest BCUT2D eigenvalue weighted by Crippen LogP contribution is 2.25. The first-order chi connectivity index (χ1) is 20.6. The zero-order valence-electron chi connectivity index (χ0n) is 26.4. The first-order valence-corrected chi connectivity index (χ1v) is 15.4. The fourth-order valence-corrected chi connectivity index (χ4v) is 4.72. The van der Waals surface area contributed by atoms with Crippen molar-refractivity contribution in [2.45, 2.75) is 38.2 Å². The second-order valence-corrected chi connectivity index (χ2v) is 12.0. The predicted molar refractivity (Wildman–Crippen MR) is 163 cm³/mol. The van der Waals surface area contributed by atoms with E-state index in [9.17, 15) is 19.8 Å². The molecule has 0 radical (unpaired) electrons. The molecule has 0 aliphatic rings. The van der Waals surface area contributed by atoms with Gasteiger partial charge in [0.15, 0.2) is 0 Å². The van der Waals surface area contributed by atoms with Crippen LogP contribution in [0.1, 0.15) is 31.7 Å². The molecule has 1 amide bonds. The molecule has 0 unspecified atom stereocenters. The van der Waals surface area contributed by atoms with Gasteiger partial charge in [0.2, 0.25) is 5.91 Å². The largest absolute Gasteiger partial charge is 0.492 e. The van der Waals surface area contributed by atoms with Gasteiger partial charge in [-0.05, 0) is 20.9 Å². The summed E-state index contributed by atoms with van der Waals surface area (Å²) in [4.78, 5) is 31.5. The molecular weight excluding hydrogens is 582 g/mol. The van der Waals surface area contributed by atoms with Crippen LogP contribution in [-0.4, -0.2) is 148 Å². The number of esters is 1. The number of carbonyl (C=O) groups is 2. The second-order valence-electron chi connectivity index (χ2n) is 10.3. The van der Waals surface area contributed by atoms with Crippen LogP contribution in [0, 0.1) is 0 Å². The normalized spacial score (nSPS) is 11.6. The lowest BCUT2D eigenvalue weighted by Gasteiger charge is -2.30. The van der Waals surface area contributed by atoms with Crippen LogP contribution < -0.4 is 4.74 Å². The van der Waals surface area contributed by atoms with E-state index in [4.69, 9.17) is 23.7 Å². The van der Waals surface area contributed by atoms with Crippen molar-refractivity contribution in [3.05, 3.63) is 23.5 Å². The number of aliphatic hydroxyl groups is 2. The number of pyridine rings is 1. The van der Waals surface area contributed by atoms with Crippen molar-refractivity contribution in [3.8, 4) is 5.75 Å². The third kappa shape index (κ3) is 19.8. The van der Waals surface area contributed by atoms with Crippen LogP contribution in [0.4, 0.5) is 0 Å².